The highest BCUT2D eigenvalue weighted by Gasteiger charge is 2.17. The fourth-order valence-corrected chi connectivity index (χ4v) is 3.65. The van der Waals surface area contributed by atoms with Gasteiger partial charge in [-0.2, -0.15) is 0 Å². The molecule has 28 heavy (non-hydrogen) atoms. The first-order valence-corrected chi connectivity index (χ1v) is 9.99. The Hall–Kier alpha value is -3.26. The maximum atomic E-state index is 4.33. The van der Waals surface area contributed by atoms with Gasteiger partial charge in [-0.25, -0.2) is 9.67 Å². The number of benzene rings is 1. The molecule has 0 saturated carbocycles. The van der Waals surface area contributed by atoms with E-state index in [0.29, 0.717) is 0 Å². The molecule has 3 aromatic heterocycles. The number of fused-ring (bicyclic) bond motifs is 1. The average molecular weight is 392 g/mol. The van der Waals surface area contributed by atoms with Crippen LogP contribution in [0.1, 0.15) is 23.7 Å². The molecule has 0 amide bonds. The second-order valence-corrected chi connectivity index (χ2v) is 7.29. The van der Waals surface area contributed by atoms with Gasteiger partial charge in [-0.05, 0) is 47.0 Å². The first kappa shape index (κ1) is 18.1. The third-order valence-electron chi connectivity index (χ3n) is 4.34. The molecule has 0 fully saturated rings. The standard InChI is InChI=1S/C20H21N7S/c1-2-3-4-7-18(23-15-8-9-17-19(13-15)22-14-21-17)20-24-25-26-27(20)11-10-16-6-5-12-28-16/h2-9,12-14,18,23H,10-11H2,1H3,(H,21,22)/b3-2+,7-4+. The number of aryl methyl sites for hydroxylation is 2. The van der Waals surface area contributed by atoms with Crippen LogP contribution >= 0.6 is 11.3 Å². The Morgan fingerprint density at radius 1 is 1.29 bits per heavy atom. The number of imidazole rings is 1. The molecule has 142 valence electrons. The quantitative estimate of drug-likeness (QED) is 0.441. The number of hydrogen-bond acceptors (Lipinski definition) is 6. The van der Waals surface area contributed by atoms with Crippen molar-refractivity contribution in [3.05, 3.63) is 77.0 Å². The van der Waals surface area contributed by atoms with Gasteiger partial charge in [-0.1, -0.05) is 30.4 Å². The molecule has 0 radical (unpaired) electrons. The zero-order chi connectivity index (χ0) is 19.2. The van der Waals surface area contributed by atoms with Crippen LogP contribution in [-0.2, 0) is 13.0 Å². The Kier molecular flexibility index (Phi) is 5.58. The van der Waals surface area contributed by atoms with Crippen LogP contribution in [0.3, 0.4) is 0 Å². The number of aromatic nitrogens is 6. The number of rotatable bonds is 8. The number of allylic oxidation sites excluding steroid dienone is 3. The van der Waals surface area contributed by atoms with E-state index < -0.39 is 0 Å². The van der Waals surface area contributed by atoms with Gasteiger partial charge in [0.05, 0.1) is 17.4 Å². The molecule has 1 atom stereocenters. The molecule has 1 unspecified atom stereocenters. The van der Waals surface area contributed by atoms with Crippen molar-refractivity contribution in [2.75, 3.05) is 5.32 Å². The van der Waals surface area contributed by atoms with Crippen molar-refractivity contribution in [1.82, 2.24) is 30.2 Å². The number of aromatic amines is 1. The summed E-state index contributed by atoms with van der Waals surface area (Å²) in [5, 5.41) is 18.0. The largest absolute Gasteiger partial charge is 0.372 e. The molecular formula is C20H21N7S. The molecule has 0 spiro atoms. The van der Waals surface area contributed by atoms with Crippen LogP contribution in [0.25, 0.3) is 11.0 Å². The molecule has 0 saturated heterocycles. The minimum atomic E-state index is -0.161. The summed E-state index contributed by atoms with van der Waals surface area (Å²) in [5.74, 6) is 0.777. The van der Waals surface area contributed by atoms with Crippen molar-refractivity contribution in [2.24, 2.45) is 0 Å². The van der Waals surface area contributed by atoms with E-state index in [2.05, 4.69) is 54.4 Å². The third-order valence-corrected chi connectivity index (χ3v) is 5.27. The van der Waals surface area contributed by atoms with E-state index in [1.54, 1.807) is 17.7 Å². The van der Waals surface area contributed by atoms with Crippen molar-refractivity contribution in [2.45, 2.75) is 25.9 Å². The van der Waals surface area contributed by atoms with E-state index in [4.69, 9.17) is 0 Å². The van der Waals surface area contributed by atoms with Gasteiger partial charge in [-0.15, -0.1) is 16.4 Å². The van der Waals surface area contributed by atoms with Crippen LogP contribution in [0.5, 0.6) is 0 Å². The summed E-state index contributed by atoms with van der Waals surface area (Å²) in [5.41, 5.74) is 2.88. The molecule has 0 aliphatic heterocycles. The predicted octanol–water partition coefficient (Wildman–Crippen LogP) is 4.14. The lowest BCUT2D eigenvalue weighted by atomic mass is 10.2. The summed E-state index contributed by atoms with van der Waals surface area (Å²) >= 11 is 1.75. The van der Waals surface area contributed by atoms with Crippen molar-refractivity contribution in [3.8, 4) is 0 Å². The van der Waals surface area contributed by atoms with Crippen molar-refractivity contribution in [1.29, 1.82) is 0 Å². The highest BCUT2D eigenvalue weighted by Crippen LogP contribution is 2.22. The summed E-state index contributed by atoms with van der Waals surface area (Å²) in [6.07, 6.45) is 10.6. The monoisotopic (exact) mass is 391 g/mol. The number of anilines is 1. The van der Waals surface area contributed by atoms with Gasteiger partial charge in [0.15, 0.2) is 5.82 Å². The molecule has 2 N–H and O–H groups in total. The fraction of sp³-hybridized carbons (Fsp3) is 0.200. The summed E-state index contributed by atoms with van der Waals surface area (Å²) in [6.45, 7) is 2.72. The van der Waals surface area contributed by atoms with Crippen LogP contribution in [-0.4, -0.2) is 30.2 Å². The van der Waals surface area contributed by atoms with Gasteiger partial charge < -0.3 is 10.3 Å². The third kappa shape index (κ3) is 4.17. The van der Waals surface area contributed by atoms with E-state index in [0.717, 1.165) is 35.5 Å². The van der Waals surface area contributed by atoms with E-state index in [9.17, 15) is 0 Å². The zero-order valence-corrected chi connectivity index (χ0v) is 16.3. The van der Waals surface area contributed by atoms with Crippen LogP contribution in [0.2, 0.25) is 0 Å². The molecule has 0 bridgehead atoms. The molecule has 0 aliphatic rings. The topological polar surface area (TPSA) is 84.3 Å². The summed E-state index contributed by atoms with van der Waals surface area (Å²) < 4.78 is 1.87. The summed E-state index contributed by atoms with van der Waals surface area (Å²) in [4.78, 5) is 8.76. The number of nitrogens with one attached hydrogen (secondary N) is 2. The van der Waals surface area contributed by atoms with E-state index in [-0.39, 0.29) is 6.04 Å². The smallest absolute Gasteiger partial charge is 0.177 e. The molecule has 1 aromatic carbocycles. The molecule has 0 aliphatic carbocycles. The summed E-state index contributed by atoms with van der Waals surface area (Å²) in [6, 6.07) is 10.1. The second-order valence-electron chi connectivity index (χ2n) is 6.26. The number of thiophene rings is 1. The van der Waals surface area contributed by atoms with Gasteiger partial charge in [-0.3, -0.25) is 0 Å². The molecule has 7 nitrogen and oxygen atoms in total. The van der Waals surface area contributed by atoms with Gasteiger partial charge in [0, 0.05) is 23.5 Å². The van der Waals surface area contributed by atoms with Crippen LogP contribution in [0.4, 0.5) is 5.69 Å². The number of hydrogen-bond donors (Lipinski definition) is 2. The van der Waals surface area contributed by atoms with E-state index in [1.807, 2.05) is 48.0 Å². The number of nitrogens with zero attached hydrogens (tertiary/aromatic N) is 5. The lowest BCUT2D eigenvalue weighted by Crippen LogP contribution is -2.16. The maximum absolute atomic E-state index is 4.33. The fourth-order valence-electron chi connectivity index (χ4n) is 2.95. The Balaban J connectivity index is 1.58. The minimum absolute atomic E-state index is 0.161. The first-order valence-electron chi connectivity index (χ1n) is 9.11. The Morgan fingerprint density at radius 2 is 2.25 bits per heavy atom. The highest BCUT2D eigenvalue weighted by atomic mass is 32.1. The van der Waals surface area contributed by atoms with Gasteiger partial charge in [0.1, 0.15) is 6.04 Å². The van der Waals surface area contributed by atoms with Gasteiger partial charge in [0.25, 0.3) is 0 Å². The SMILES string of the molecule is C/C=C/C=C/C(Nc1ccc2[nH]cnc2c1)c1nnnn1CCc1cccs1. The van der Waals surface area contributed by atoms with Crippen molar-refractivity contribution in [3.63, 3.8) is 0 Å². The van der Waals surface area contributed by atoms with E-state index >= 15 is 0 Å². The Labute approximate surface area is 166 Å². The maximum Gasteiger partial charge on any atom is 0.177 e. The highest BCUT2D eigenvalue weighted by molar-refractivity contribution is 7.09. The lowest BCUT2D eigenvalue weighted by molar-refractivity contribution is 0.561. The first-order chi connectivity index (χ1) is 13.8. The summed E-state index contributed by atoms with van der Waals surface area (Å²) in [7, 11) is 0. The van der Waals surface area contributed by atoms with E-state index in [1.165, 1.54) is 4.88 Å². The molecule has 8 heteroatoms. The number of H-pyrrole nitrogens is 1. The van der Waals surface area contributed by atoms with Crippen LogP contribution in [0.15, 0.2) is 66.3 Å². The van der Waals surface area contributed by atoms with Crippen LogP contribution in [0, 0.1) is 0 Å². The zero-order valence-electron chi connectivity index (χ0n) is 15.5. The Morgan fingerprint density at radius 3 is 3.11 bits per heavy atom. The lowest BCUT2D eigenvalue weighted by Gasteiger charge is -2.16. The number of tetrazole rings is 1. The average Bonchev–Trinajstić information content (AvgIpc) is 3.46. The van der Waals surface area contributed by atoms with Gasteiger partial charge in [0.2, 0.25) is 0 Å². The normalized spacial score (nSPS) is 13.0. The second kappa shape index (κ2) is 8.62. The van der Waals surface area contributed by atoms with Crippen LogP contribution < -0.4 is 5.32 Å². The van der Waals surface area contributed by atoms with Crippen molar-refractivity contribution >= 4 is 28.1 Å². The Bertz CT molecular complexity index is 1080. The minimum Gasteiger partial charge on any atom is -0.372 e. The molecule has 4 rings (SSSR count). The van der Waals surface area contributed by atoms with Gasteiger partial charge >= 0.3 is 0 Å². The molecule has 4 aromatic rings. The van der Waals surface area contributed by atoms with Crippen molar-refractivity contribution < 1.29 is 0 Å². The predicted molar refractivity (Wildman–Crippen MR) is 112 cm³/mol. The molecule has 3 heterocycles. The molecular weight excluding hydrogens is 370 g/mol.